The minimum atomic E-state index is -0.200. The summed E-state index contributed by atoms with van der Waals surface area (Å²) >= 11 is 0. The fourth-order valence-corrected chi connectivity index (χ4v) is 6.66. The molecule has 2 atom stereocenters. The van der Waals surface area contributed by atoms with E-state index in [1.165, 1.54) is 5.69 Å². The number of anilines is 2. The molecule has 0 spiro atoms. The van der Waals surface area contributed by atoms with E-state index in [-0.39, 0.29) is 5.91 Å². The van der Waals surface area contributed by atoms with Crippen LogP contribution in [0.15, 0.2) is 30.3 Å². The summed E-state index contributed by atoms with van der Waals surface area (Å²) in [5.74, 6) is 2.05. The summed E-state index contributed by atoms with van der Waals surface area (Å²) in [6, 6.07) is 10.1. The lowest BCUT2D eigenvalue weighted by Crippen LogP contribution is -2.43. The molecule has 2 fully saturated rings. The van der Waals surface area contributed by atoms with Gasteiger partial charge < -0.3 is 19.5 Å². The van der Waals surface area contributed by atoms with Gasteiger partial charge in [0.2, 0.25) is 11.8 Å². The van der Waals surface area contributed by atoms with Gasteiger partial charge in [-0.3, -0.25) is 15.1 Å². The summed E-state index contributed by atoms with van der Waals surface area (Å²) in [5, 5.41) is 11.2. The summed E-state index contributed by atoms with van der Waals surface area (Å²) in [7, 11) is 1.90. The van der Waals surface area contributed by atoms with Gasteiger partial charge in [0, 0.05) is 56.7 Å². The molecule has 1 saturated carbocycles. The third-order valence-corrected chi connectivity index (χ3v) is 8.63. The van der Waals surface area contributed by atoms with Crippen molar-refractivity contribution in [3.63, 3.8) is 0 Å². The van der Waals surface area contributed by atoms with E-state index in [0.29, 0.717) is 41.5 Å². The molecule has 2 N–H and O–H groups in total. The Morgan fingerprint density at radius 3 is 2.70 bits per heavy atom. The number of pyridine rings is 1. The van der Waals surface area contributed by atoms with Crippen LogP contribution >= 0.6 is 0 Å². The van der Waals surface area contributed by atoms with Crippen molar-refractivity contribution >= 4 is 28.6 Å². The second-order valence-corrected chi connectivity index (χ2v) is 11.5. The maximum absolute atomic E-state index is 13.7. The number of carbonyl (C=O) groups excluding carboxylic acids is 1. The third-order valence-electron chi connectivity index (χ3n) is 8.63. The van der Waals surface area contributed by atoms with Gasteiger partial charge in [-0.15, -0.1) is 0 Å². The van der Waals surface area contributed by atoms with Crippen LogP contribution in [-0.4, -0.2) is 63.0 Å². The fourth-order valence-electron chi connectivity index (χ4n) is 6.66. The number of imidazole rings is 1. The highest BCUT2D eigenvalue weighted by molar-refractivity contribution is 6.05. The number of benzene rings is 1. The van der Waals surface area contributed by atoms with Crippen molar-refractivity contribution in [1.29, 1.82) is 0 Å². The number of hydrogen-bond acceptors (Lipinski definition) is 7. The Balaban J connectivity index is 1.33. The summed E-state index contributed by atoms with van der Waals surface area (Å²) in [6.07, 6.45) is 3.31. The Labute approximate surface area is 233 Å². The summed E-state index contributed by atoms with van der Waals surface area (Å²) < 4.78 is 10.5. The van der Waals surface area contributed by atoms with Crippen LogP contribution in [0.1, 0.15) is 41.0 Å². The van der Waals surface area contributed by atoms with Crippen LogP contribution in [0.5, 0.6) is 5.88 Å². The first-order chi connectivity index (χ1) is 19.4. The molecule has 1 amide bonds. The average Bonchev–Trinajstić information content (AvgIpc) is 3.62. The molecule has 0 unspecified atom stereocenters. The van der Waals surface area contributed by atoms with Crippen LogP contribution in [0.2, 0.25) is 0 Å². The second-order valence-electron chi connectivity index (χ2n) is 11.5. The molecule has 1 aromatic carbocycles. The molecule has 2 aliphatic heterocycles. The lowest BCUT2D eigenvalue weighted by Gasteiger charge is -2.29. The number of aryl methyl sites for hydroxylation is 3. The van der Waals surface area contributed by atoms with Crippen molar-refractivity contribution in [2.45, 2.75) is 39.7 Å². The molecule has 7 rings (SSSR count). The van der Waals surface area contributed by atoms with Crippen LogP contribution < -0.4 is 20.3 Å². The molecule has 0 radical (unpaired) electrons. The first kappa shape index (κ1) is 25.1. The quantitative estimate of drug-likeness (QED) is 0.377. The van der Waals surface area contributed by atoms with Gasteiger partial charge in [-0.25, -0.2) is 9.67 Å². The molecule has 40 heavy (non-hydrogen) atoms. The number of aromatic nitrogens is 5. The van der Waals surface area contributed by atoms with E-state index in [1.54, 1.807) is 4.68 Å². The minimum Gasteiger partial charge on any atom is -0.477 e. The second kappa shape index (κ2) is 9.92. The van der Waals surface area contributed by atoms with Gasteiger partial charge >= 0.3 is 0 Å². The van der Waals surface area contributed by atoms with E-state index in [9.17, 15) is 4.79 Å². The van der Waals surface area contributed by atoms with E-state index in [4.69, 9.17) is 14.7 Å². The molecule has 10 nitrogen and oxygen atoms in total. The Morgan fingerprint density at radius 2 is 1.85 bits per heavy atom. The molecule has 1 saturated heterocycles. The number of hydrogen-bond donors (Lipinski definition) is 2. The van der Waals surface area contributed by atoms with Gasteiger partial charge in [-0.05, 0) is 75.3 Å². The molecular weight excluding hydrogens is 504 g/mol. The third kappa shape index (κ3) is 4.50. The monoisotopic (exact) mass is 540 g/mol. The number of carbonyl (C=O) groups is 1. The summed E-state index contributed by atoms with van der Waals surface area (Å²) in [4.78, 5) is 25.8. The highest BCUT2D eigenvalue weighted by Gasteiger charge is 2.29. The number of amides is 1. The van der Waals surface area contributed by atoms with Crippen molar-refractivity contribution in [3.8, 4) is 17.1 Å². The SMILES string of the molecule is Cc1cc2cc(n1)-c1c(C)nn(C)c1OC[C@H]1CC[C@H](C1)Cn1c(nc3ccc(N4CCNCC4)cc31)NC2=O. The van der Waals surface area contributed by atoms with Crippen molar-refractivity contribution < 1.29 is 9.53 Å². The highest BCUT2D eigenvalue weighted by Crippen LogP contribution is 2.38. The van der Waals surface area contributed by atoms with Crippen molar-refractivity contribution in [1.82, 2.24) is 29.6 Å². The number of piperazine rings is 1. The van der Waals surface area contributed by atoms with Crippen LogP contribution in [-0.2, 0) is 13.6 Å². The number of ether oxygens (including phenoxy) is 1. The van der Waals surface area contributed by atoms with E-state index >= 15 is 0 Å². The zero-order chi connectivity index (χ0) is 27.4. The maximum atomic E-state index is 13.7. The zero-order valence-electron chi connectivity index (χ0n) is 23.4. The first-order valence-corrected chi connectivity index (χ1v) is 14.4. The molecule has 1 aliphatic carbocycles. The molecule has 4 bridgehead atoms. The van der Waals surface area contributed by atoms with E-state index in [2.05, 4.69) is 43.4 Å². The van der Waals surface area contributed by atoms with Crippen LogP contribution in [0.4, 0.5) is 11.6 Å². The van der Waals surface area contributed by atoms with Gasteiger partial charge in [0.1, 0.15) is 0 Å². The van der Waals surface area contributed by atoms with Crippen molar-refractivity contribution in [2.24, 2.45) is 18.9 Å². The predicted octanol–water partition coefficient (Wildman–Crippen LogP) is 3.92. The largest absolute Gasteiger partial charge is 0.477 e. The molecule has 3 aliphatic rings. The van der Waals surface area contributed by atoms with Crippen LogP contribution in [0.3, 0.4) is 0 Å². The number of nitrogens with zero attached hydrogens (tertiary/aromatic N) is 6. The molecule has 208 valence electrons. The van der Waals surface area contributed by atoms with Gasteiger partial charge in [-0.2, -0.15) is 5.10 Å². The van der Waals surface area contributed by atoms with E-state index in [1.807, 2.05) is 33.0 Å². The van der Waals surface area contributed by atoms with Gasteiger partial charge in [0.15, 0.2) is 0 Å². The molecule has 5 heterocycles. The number of fused-ring (bicyclic) bond motifs is 9. The van der Waals surface area contributed by atoms with Crippen LogP contribution in [0, 0.1) is 25.7 Å². The van der Waals surface area contributed by atoms with Crippen LogP contribution in [0.25, 0.3) is 22.3 Å². The zero-order valence-corrected chi connectivity index (χ0v) is 23.4. The molecule has 3 aromatic heterocycles. The standard InChI is InChI=1S/C30H36N8O2/c1-18-12-22-14-25(32-18)27-19(2)35-36(3)29(27)40-17-21-5-4-20(13-21)16-38-26-15-23(37-10-8-31-9-11-37)6-7-24(26)33-30(38)34-28(22)39/h6-7,12,14-15,20-21,31H,4-5,8-11,13,16-17H2,1-3H3,(H,33,34,39)/t20-,21+/m1/s1. The lowest BCUT2D eigenvalue weighted by molar-refractivity contribution is 0.102. The van der Waals surface area contributed by atoms with E-state index in [0.717, 1.165) is 80.0 Å². The Bertz CT molecular complexity index is 1600. The maximum Gasteiger partial charge on any atom is 0.258 e. The fraction of sp³-hybridized carbons (Fsp3) is 0.467. The Kier molecular flexibility index (Phi) is 6.22. The van der Waals surface area contributed by atoms with E-state index < -0.39 is 0 Å². The number of nitrogens with one attached hydrogen (secondary N) is 2. The minimum absolute atomic E-state index is 0.200. The first-order valence-electron chi connectivity index (χ1n) is 14.4. The Morgan fingerprint density at radius 1 is 1.02 bits per heavy atom. The molecular formula is C30H36N8O2. The molecule has 10 heteroatoms. The topological polar surface area (TPSA) is 102 Å². The van der Waals surface area contributed by atoms with Gasteiger partial charge in [0.25, 0.3) is 5.91 Å². The summed E-state index contributed by atoms with van der Waals surface area (Å²) in [6.45, 7) is 9.25. The van der Waals surface area contributed by atoms with Gasteiger partial charge in [0.05, 0.1) is 34.6 Å². The van der Waals surface area contributed by atoms with Crippen molar-refractivity contribution in [3.05, 3.63) is 47.3 Å². The smallest absolute Gasteiger partial charge is 0.258 e. The summed E-state index contributed by atoms with van der Waals surface area (Å²) in [5.41, 5.74) is 6.83. The predicted molar refractivity (Wildman–Crippen MR) is 155 cm³/mol. The number of rotatable bonds is 1. The van der Waals surface area contributed by atoms with Crippen molar-refractivity contribution in [2.75, 3.05) is 43.0 Å². The lowest BCUT2D eigenvalue weighted by atomic mass is 10.1. The normalized spacial score (nSPS) is 21.3. The average molecular weight is 541 g/mol. The van der Waals surface area contributed by atoms with Gasteiger partial charge in [-0.1, -0.05) is 0 Å². The Hall–Kier alpha value is -3.92. The highest BCUT2D eigenvalue weighted by atomic mass is 16.5. The molecule has 4 aromatic rings.